The van der Waals surface area contributed by atoms with Crippen molar-refractivity contribution in [3.63, 3.8) is 0 Å². The molecule has 3 heteroatoms. The Labute approximate surface area is 125 Å². The lowest BCUT2D eigenvalue weighted by Crippen LogP contribution is -1.98. The maximum Gasteiger partial charge on any atom is 0.164 e. The highest BCUT2D eigenvalue weighted by atomic mass is 16.5. The lowest BCUT2D eigenvalue weighted by atomic mass is 9.93. The van der Waals surface area contributed by atoms with Crippen LogP contribution in [0.3, 0.4) is 0 Å². The van der Waals surface area contributed by atoms with Crippen LogP contribution in [0.15, 0.2) is 30.3 Å². The van der Waals surface area contributed by atoms with Crippen molar-refractivity contribution in [3.05, 3.63) is 41.5 Å². The number of hydrogen-bond acceptors (Lipinski definition) is 3. The average molecular weight is 286 g/mol. The van der Waals surface area contributed by atoms with E-state index in [2.05, 4.69) is 6.92 Å². The second-order valence-electron chi connectivity index (χ2n) is 5.18. The summed E-state index contributed by atoms with van der Waals surface area (Å²) in [7, 11) is 1.54. The standard InChI is InChI=1S/C18H22O3/c1-4-5-11-14-16(19)15(13-9-7-6-8-10-13)12(2)18(21-3)17(14)20/h6-10,19-20H,4-5,11H2,1-3H3. The lowest BCUT2D eigenvalue weighted by molar-refractivity contribution is 0.362. The van der Waals surface area contributed by atoms with Crippen LogP contribution in [0.4, 0.5) is 0 Å². The van der Waals surface area contributed by atoms with Crippen molar-refractivity contribution in [1.82, 2.24) is 0 Å². The molecule has 2 aromatic carbocycles. The normalized spacial score (nSPS) is 10.6. The zero-order valence-corrected chi connectivity index (χ0v) is 12.8. The van der Waals surface area contributed by atoms with Crippen LogP contribution in [-0.4, -0.2) is 17.3 Å². The number of phenols is 2. The SMILES string of the molecule is CCCCc1c(O)c(OC)c(C)c(-c2ccccc2)c1O. The van der Waals surface area contributed by atoms with Gasteiger partial charge in [-0.15, -0.1) is 0 Å². The van der Waals surface area contributed by atoms with Crippen molar-refractivity contribution in [3.8, 4) is 28.4 Å². The predicted molar refractivity (Wildman–Crippen MR) is 85.1 cm³/mol. The second kappa shape index (κ2) is 6.53. The van der Waals surface area contributed by atoms with Crippen LogP contribution in [-0.2, 0) is 6.42 Å². The van der Waals surface area contributed by atoms with Gasteiger partial charge in [-0.3, -0.25) is 0 Å². The van der Waals surface area contributed by atoms with Gasteiger partial charge in [-0.1, -0.05) is 43.7 Å². The largest absolute Gasteiger partial charge is 0.507 e. The van der Waals surface area contributed by atoms with Gasteiger partial charge in [-0.2, -0.15) is 0 Å². The molecule has 0 unspecified atom stereocenters. The Kier molecular flexibility index (Phi) is 4.73. The Morgan fingerprint density at radius 3 is 2.29 bits per heavy atom. The molecule has 0 aliphatic heterocycles. The van der Waals surface area contributed by atoms with Crippen molar-refractivity contribution in [2.24, 2.45) is 0 Å². The van der Waals surface area contributed by atoms with Gasteiger partial charge in [0.1, 0.15) is 5.75 Å². The summed E-state index contributed by atoms with van der Waals surface area (Å²) in [6.45, 7) is 3.93. The topological polar surface area (TPSA) is 49.7 Å². The number of rotatable bonds is 5. The van der Waals surface area contributed by atoms with E-state index in [1.54, 1.807) is 0 Å². The van der Waals surface area contributed by atoms with Gasteiger partial charge in [0.15, 0.2) is 11.5 Å². The molecule has 21 heavy (non-hydrogen) atoms. The highest BCUT2D eigenvalue weighted by molar-refractivity contribution is 5.80. The van der Waals surface area contributed by atoms with Gasteiger partial charge in [-0.05, 0) is 25.3 Å². The lowest BCUT2D eigenvalue weighted by Gasteiger charge is -2.19. The van der Waals surface area contributed by atoms with Crippen molar-refractivity contribution in [2.75, 3.05) is 7.11 Å². The Hall–Kier alpha value is -2.16. The average Bonchev–Trinajstić information content (AvgIpc) is 2.49. The van der Waals surface area contributed by atoms with E-state index in [1.165, 1.54) is 7.11 Å². The molecule has 0 aliphatic carbocycles. The van der Waals surface area contributed by atoms with Crippen LogP contribution >= 0.6 is 0 Å². The van der Waals surface area contributed by atoms with E-state index in [9.17, 15) is 10.2 Å². The Balaban J connectivity index is 2.69. The van der Waals surface area contributed by atoms with Gasteiger partial charge in [0, 0.05) is 16.7 Å². The first kappa shape index (κ1) is 15.2. The zero-order chi connectivity index (χ0) is 15.4. The summed E-state index contributed by atoms with van der Waals surface area (Å²) in [6.07, 6.45) is 2.53. The fraction of sp³-hybridized carbons (Fsp3) is 0.333. The molecule has 112 valence electrons. The quantitative estimate of drug-likeness (QED) is 0.855. The van der Waals surface area contributed by atoms with Gasteiger partial charge in [0.25, 0.3) is 0 Å². The summed E-state index contributed by atoms with van der Waals surface area (Å²) in [5.41, 5.74) is 2.97. The third kappa shape index (κ3) is 2.82. The third-order valence-electron chi connectivity index (χ3n) is 3.79. The molecular weight excluding hydrogens is 264 g/mol. The molecule has 2 N–H and O–H groups in total. The van der Waals surface area contributed by atoms with Gasteiger partial charge >= 0.3 is 0 Å². The van der Waals surface area contributed by atoms with Crippen LogP contribution in [0.1, 0.15) is 30.9 Å². The molecular formula is C18H22O3. The minimum Gasteiger partial charge on any atom is -0.507 e. The second-order valence-corrected chi connectivity index (χ2v) is 5.18. The van der Waals surface area contributed by atoms with Gasteiger partial charge in [-0.25, -0.2) is 0 Å². The number of aromatic hydroxyl groups is 2. The molecule has 0 atom stereocenters. The number of phenolic OH excluding ortho intramolecular Hbond substituents is 2. The summed E-state index contributed by atoms with van der Waals surface area (Å²) < 4.78 is 5.35. The first-order valence-corrected chi connectivity index (χ1v) is 7.28. The molecule has 2 rings (SSSR count). The van der Waals surface area contributed by atoms with Crippen molar-refractivity contribution >= 4 is 0 Å². The molecule has 0 bridgehead atoms. The van der Waals surface area contributed by atoms with Crippen molar-refractivity contribution < 1.29 is 14.9 Å². The molecule has 3 nitrogen and oxygen atoms in total. The van der Waals surface area contributed by atoms with E-state index in [1.807, 2.05) is 37.3 Å². The van der Waals surface area contributed by atoms with Gasteiger partial charge in [0.2, 0.25) is 0 Å². The number of methoxy groups -OCH3 is 1. The molecule has 0 saturated carbocycles. The highest BCUT2D eigenvalue weighted by Crippen LogP contribution is 2.47. The smallest absolute Gasteiger partial charge is 0.164 e. The van der Waals surface area contributed by atoms with Crippen LogP contribution in [0.2, 0.25) is 0 Å². The van der Waals surface area contributed by atoms with Crippen LogP contribution in [0.25, 0.3) is 11.1 Å². The summed E-state index contributed by atoms with van der Waals surface area (Å²) >= 11 is 0. The summed E-state index contributed by atoms with van der Waals surface area (Å²) in [6, 6.07) is 9.69. The maximum absolute atomic E-state index is 10.6. The van der Waals surface area contributed by atoms with Gasteiger partial charge in [0.05, 0.1) is 7.11 Å². The van der Waals surface area contributed by atoms with Crippen LogP contribution < -0.4 is 4.74 Å². The zero-order valence-electron chi connectivity index (χ0n) is 12.8. The first-order chi connectivity index (χ1) is 10.1. The fourth-order valence-corrected chi connectivity index (χ4v) is 2.67. The molecule has 0 aromatic heterocycles. The van der Waals surface area contributed by atoms with E-state index >= 15 is 0 Å². The summed E-state index contributed by atoms with van der Waals surface area (Å²) in [4.78, 5) is 0. The molecule has 0 saturated heterocycles. The molecule has 0 spiro atoms. The number of hydrogen-bond donors (Lipinski definition) is 2. The third-order valence-corrected chi connectivity index (χ3v) is 3.79. The Morgan fingerprint density at radius 2 is 1.71 bits per heavy atom. The van der Waals surface area contributed by atoms with E-state index in [-0.39, 0.29) is 11.5 Å². The Bertz CT molecular complexity index is 618. The summed E-state index contributed by atoms with van der Waals surface area (Å²) in [5, 5.41) is 21.0. The molecule has 0 fully saturated rings. The molecule has 2 aromatic rings. The molecule has 0 radical (unpaired) electrons. The maximum atomic E-state index is 10.6. The number of benzene rings is 2. The number of ether oxygens (including phenoxy) is 1. The van der Waals surface area contributed by atoms with Crippen LogP contribution in [0, 0.1) is 6.92 Å². The fourth-order valence-electron chi connectivity index (χ4n) is 2.67. The van der Waals surface area contributed by atoms with E-state index in [0.29, 0.717) is 17.7 Å². The number of unbranched alkanes of at least 4 members (excludes halogenated alkanes) is 1. The molecule has 0 amide bonds. The van der Waals surface area contributed by atoms with E-state index in [0.717, 1.165) is 29.5 Å². The van der Waals surface area contributed by atoms with E-state index < -0.39 is 0 Å². The minimum atomic E-state index is 0.0561. The minimum absolute atomic E-state index is 0.0561. The molecule has 0 aliphatic rings. The predicted octanol–water partition coefficient (Wildman–Crippen LogP) is 4.42. The summed E-state index contributed by atoms with van der Waals surface area (Å²) in [5.74, 6) is 0.656. The Morgan fingerprint density at radius 1 is 1.05 bits per heavy atom. The highest BCUT2D eigenvalue weighted by Gasteiger charge is 2.22. The van der Waals surface area contributed by atoms with Crippen molar-refractivity contribution in [2.45, 2.75) is 33.1 Å². The van der Waals surface area contributed by atoms with Crippen LogP contribution in [0.5, 0.6) is 17.2 Å². The monoisotopic (exact) mass is 286 g/mol. The molecule has 0 heterocycles. The van der Waals surface area contributed by atoms with E-state index in [4.69, 9.17) is 4.74 Å². The van der Waals surface area contributed by atoms with Crippen molar-refractivity contribution in [1.29, 1.82) is 0 Å². The first-order valence-electron chi connectivity index (χ1n) is 7.28. The van der Waals surface area contributed by atoms with Gasteiger partial charge < -0.3 is 14.9 Å².